The van der Waals surface area contributed by atoms with Crippen LogP contribution in [-0.2, 0) is 0 Å². The summed E-state index contributed by atoms with van der Waals surface area (Å²) < 4.78 is 12.8. The van der Waals surface area contributed by atoms with Crippen molar-refractivity contribution in [2.75, 3.05) is 0 Å². The lowest BCUT2D eigenvalue weighted by atomic mass is 10.2. The molecule has 0 heterocycles. The fourth-order valence-electron chi connectivity index (χ4n) is 0.835. The molecule has 0 radical (unpaired) electrons. The van der Waals surface area contributed by atoms with E-state index in [0.29, 0.717) is 5.56 Å². The van der Waals surface area contributed by atoms with Crippen molar-refractivity contribution in [2.24, 2.45) is 0 Å². The van der Waals surface area contributed by atoms with E-state index >= 15 is 0 Å². The summed E-state index contributed by atoms with van der Waals surface area (Å²) in [5.41, 5.74) is 0.686. The molecule has 0 amide bonds. The molecule has 2 nitrogen and oxygen atoms in total. The minimum Gasteiger partial charge on any atom is -0.250 e. The molecule has 0 atom stereocenters. The van der Waals surface area contributed by atoms with Gasteiger partial charge in [-0.25, -0.2) is 9.24 Å². The highest BCUT2D eigenvalue weighted by Crippen LogP contribution is 2.30. The van der Waals surface area contributed by atoms with Crippen molar-refractivity contribution in [2.45, 2.75) is 6.92 Å². The highest BCUT2D eigenvalue weighted by molar-refractivity contribution is 5.71. The van der Waals surface area contributed by atoms with Gasteiger partial charge in [-0.2, -0.15) is 0 Å². The average molecular weight is 160 g/mol. The van der Waals surface area contributed by atoms with E-state index in [1.54, 1.807) is 6.92 Å². The number of halogens is 1. The van der Waals surface area contributed by atoms with Gasteiger partial charge in [0.25, 0.3) is 0 Å². The first-order valence-corrected chi connectivity index (χ1v) is 3.24. The first kappa shape index (κ1) is 8.23. The maximum absolute atomic E-state index is 12.8. The third-order valence-electron chi connectivity index (χ3n) is 1.50. The zero-order valence-corrected chi connectivity index (χ0v) is 6.43. The lowest BCUT2D eigenvalue weighted by Crippen LogP contribution is -1.79. The monoisotopic (exact) mass is 160 g/mol. The second-order valence-corrected chi connectivity index (χ2v) is 2.31. The first-order valence-electron chi connectivity index (χ1n) is 3.24. The SMILES string of the molecule is [C-]#[N+]c1cc(C)c(F)cc1[N+]#[C-]. The van der Waals surface area contributed by atoms with E-state index in [9.17, 15) is 4.39 Å². The van der Waals surface area contributed by atoms with E-state index in [1.165, 1.54) is 6.07 Å². The van der Waals surface area contributed by atoms with E-state index in [0.717, 1.165) is 6.07 Å². The van der Waals surface area contributed by atoms with E-state index < -0.39 is 5.82 Å². The maximum atomic E-state index is 12.8. The van der Waals surface area contributed by atoms with Crippen molar-refractivity contribution in [3.05, 3.63) is 46.3 Å². The third kappa shape index (κ3) is 1.26. The predicted octanol–water partition coefficient (Wildman–Crippen LogP) is 3.24. The second-order valence-electron chi connectivity index (χ2n) is 2.31. The molecule has 0 unspecified atom stereocenters. The van der Waals surface area contributed by atoms with Crippen molar-refractivity contribution < 1.29 is 4.39 Å². The minimum atomic E-state index is -0.437. The van der Waals surface area contributed by atoms with Crippen LogP contribution in [0, 0.1) is 25.9 Å². The average Bonchev–Trinajstić information content (AvgIpc) is 2.09. The van der Waals surface area contributed by atoms with Crippen LogP contribution in [0.15, 0.2) is 12.1 Å². The Morgan fingerprint density at radius 2 is 1.67 bits per heavy atom. The van der Waals surface area contributed by atoms with Gasteiger partial charge in [0.15, 0.2) is 11.4 Å². The fraction of sp³-hybridized carbons (Fsp3) is 0.111. The summed E-state index contributed by atoms with van der Waals surface area (Å²) in [7, 11) is 0. The van der Waals surface area contributed by atoms with E-state index in [-0.39, 0.29) is 11.4 Å². The third-order valence-corrected chi connectivity index (χ3v) is 1.50. The molecule has 0 aliphatic rings. The number of rotatable bonds is 0. The summed E-state index contributed by atoms with van der Waals surface area (Å²) in [6, 6.07) is 2.48. The number of hydrogen-bond acceptors (Lipinski definition) is 0. The van der Waals surface area contributed by atoms with Gasteiger partial charge < -0.3 is 0 Å². The van der Waals surface area contributed by atoms with E-state index in [2.05, 4.69) is 9.69 Å². The zero-order chi connectivity index (χ0) is 9.14. The van der Waals surface area contributed by atoms with Gasteiger partial charge in [-0.05, 0) is 18.6 Å². The van der Waals surface area contributed by atoms with Crippen LogP contribution in [0.5, 0.6) is 0 Å². The minimum absolute atomic E-state index is 0.0769. The molecule has 12 heavy (non-hydrogen) atoms. The van der Waals surface area contributed by atoms with Crippen LogP contribution in [0.25, 0.3) is 9.69 Å². The van der Waals surface area contributed by atoms with Gasteiger partial charge in [-0.3, -0.25) is 4.85 Å². The summed E-state index contributed by atoms with van der Waals surface area (Å²) in [6.45, 7) is 15.0. The van der Waals surface area contributed by atoms with E-state index in [1.807, 2.05) is 0 Å². The Bertz CT molecular complexity index is 357. The van der Waals surface area contributed by atoms with Gasteiger partial charge in [0.05, 0.1) is 13.1 Å². The van der Waals surface area contributed by atoms with Crippen LogP contribution in [0.4, 0.5) is 15.8 Å². The van der Waals surface area contributed by atoms with Crippen molar-refractivity contribution >= 4 is 11.4 Å². The predicted molar refractivity (Wildman–Crippen MR) is 43.7 cm³/mol. The molecule has 0 bridgehead atoms. The fourth-order valence-corrected chi connectivity index (χ4v) is 0.835. The van der Waals surface area contributed by atoms with Crippen LogP contribution in [-0.4, -0.2) is 0 Å². The Morgan fingerprint density at radius 1 is 1.17 bits per heavy atom. The summed E-state index contributed by atoms with van der Waals surface area (Å²) in [5, 5.41) is 0. The molecule has 0 spiro atoms. The quantitative estimate of drug-likeness (QED) is 0.515. The van der Waals surface area contributed by atoms with Gasteiger partial charge in [-0.1, -0.05) is 6.07 Å². The van der Waals surface area contributed by atoms with Gasteiger partial charge in [-0.15, -0.1) is 0 Å². The first-order chi connectivity index (χ1) is 5.69. The normalized spacial score (nSPS) is 8.67. The second kappa shape index (κ2) is 3.02. The highest BCUT2D eigenvalue weighted by Gasteiger charge is 2.05. The lowest BCUT2D eigenvalue weighted by Gasteiger charge is -1.98. The molecule has 1 rings (SSSR count). The topological polar surface area (TPSA) is 8.72 Å². The lowest BCUT2D eigenvalue weighted by molar-refractivity contribution is 0.619. The Labute approximate surface area is 69.9 Å². The Morgan fingerprint density at radius 3 is 2.17 bits per heavy atom. The van der Waals surface area contributed by atoms with Crippen molar-refractivity contribution in [3.63, 3.8) is 0 Å². The molecule has 0 saturated heterocycles. The van der Waals surface area contributed by atoms with Gasteiger partial charge >= 0.3 is 0 Å². The number of nitrogens with zero attached hydrogens (tertiary/aromatic N) is 2. The molecule has 0 aliphatic heterocycles. The molecule has 0 N–H and O–H groups in total. The van der Waals surface area contributed by atoms with Gasteiger partial charge in [0, 0.05) is 0 Å². The molecular weight excluding hydrogens is 155 g/mol. The van der Waals surface area contributed by atoms with Crippen LogP contribution in [0.3, 0.4) is 0 Å². The summed E-state index contributed by atoms with van der Waals surface area (Å²) in [4.78, 5) is 6.15. The van der Waals surface area contributed by atoms with Crippen LogP contribution < -0.4 is 0 Å². The molecule has 0 saturated carbocycles. The molecule has 0 fully saturated rings. The summed E-state index contributed by atoms with van der Waals surface area (Å²) in [5.74, 6) is -0.437. The molecule has 0 aliphatic carbocycles. The Kier molecular flexibility index (Phi) is 2.07. The molecule has 58 valence electrons. The van der Waals surface area contributed by atoms with Crippen molar-refractivity contribution in [1.29, 1.82) is 0 Å². The Hall–Kier alpha value is -1.87. The molecule has 0 aromatic heterocycles. The Balaban J connectivity index is 3.44. The highest BCUT2D eigenvalue weighted by atomic mass is 19.1. The molecule has 3 heteroatoms. The van der Waals surface area contributed by atoms with Gasteiger partial charge in [0.2, 0.25) is 0 Å². The number of aryl methyl sites for hydroxylation is 1. The number of benzene rings is 1. The van der Waals surface area contributed by atoms with Crippen LogP contribution in [0.1, 0.15) is 5.56 Å². The molecule has 1 aromatic rings. The molecular formula is C9H5FN2. The number of hydrogen-bond donors (Lipinski definition) is 0. The van der Waals surface area contributed by atoms with Crippen LogP contribution in [0.2, 0.25) is 0 Å². The largest absolute Gasteiger partial charge is 0.250 e. The smallest absolute Gasteiger partial charge is 0.197 e. The van der Waals surface area contributed by atoms with Crippen molar-refractivity contribution in [1.82, 2.24) is 0 Å². The summed E-state index contributed by atoms with van der Waals surface area (Å²) in [6.07, 6.45) is 0. The maximum Gasteiger partial charge on any atom is 0.197 e. The summed E-state index contributed by atoms with van der Waals surface area (Å²) >= 11 is 0. The van der Waals surface area contributed by atoms with Crippen molar-refractivity contribution in [3.8, 4) is 0 Å². The molecule has 1 aromatic carbocycles. The van der Waals surface area contributed by atoms with E-state index in [4.69, 9.17) is 13.1 Å². The standard InChI is InChI=1S/C9H5FN2/c1-6-4-8(11-2)9(12-3)5-7(6)10/h4-5H,1H3. The van der Waals surface area contributed by atoms with Crippen LogP contribution >= 0.6 is 0 Å². The zero-order valence-electron chi connectivity index (χ0n) is 6.43. The van der Waals surface area contributed by atoms with Gasteiger partial charge in [0.1, 0.15) is 5.82 Å².